The standard InChI is InChI=1S/C16H12N6O5S/c17-15-9-28-16(19-15)20-18-8-10-1-4-12(5-2-10)27-14-6-3-11(21(23)24)7-13(14)22(25)26/h1-9H,17H2,(H,19,20). The lowest BCUT2D eigenvalue weighted by molar-refractivity contribution is -0.394. The normalized spacial score (nSPS) is 10.7. The number of rotatable bonds is 7. The molecule has 3 N–H and O–H groups in total. The average Bonchev–Trinajstić information content (AvgIpc) is 3.08. The summed E-state index contributed by atoms with van der Waals surface area (Å²) < 4.78 is 5.49. The molecule has 1 heterocycles. The third-order valence-corrected chi connectivity index (χ3v) is 4.12. The van der Waals surface area contributed by atoms with Crippen molar-refractivity contribution in [1.82, 2.24) is 4.98 Å². The molecule has 0 fully saturated rings. The molecule has 0 saturated carbocycles. The molecule has 12 heteroatoms. The van der Waals surface area contributed by atoms with E-state index in [4.69, 9.17) is 10.5 Å². The van der Waals surface area contributed by atoms with Crippen LogP contribution in [0.1, 0.15) is 5.56 Å². The Morgan fingerprint density at radius 3 is 2.50 bits per heavy atom. The van der Waals surface area contributed by atoms with Crippen LogP contribution in [-0.2, 0) is 0 Å². The van der Waals surface area contributed by atoms with Gasteiger partial charge in [0, 0.05) is 11.4 Å². The van der Waals surface area contributed by atoms with Crippen molar-refractivity contribution in [2.45, 2.75) is 0 Å². The number of non-ortho nitro benzene ring substituents is 1. The van der Waals surface area contributed by atoms with Gasteiger partial charge >= 0.3 is 5.69 Å². The van der Waals surface area contributed by atoms with E-state index in [1.54, 1.807) is 35.9 Å². The van der Waals surface area contributed by atoms with E-state index in [2.05, 4.69) is 15.5 Å². The van der Waals surface area contributed by atoms with Crippen molar-refractivity contribution in [3.05, 3.63) is 73.6 Å². The van der Waals surface area contributed by atoms with Crippen LogP contribution >= 0.6 is 11.3 Å². The van der Waals surface area contributed by atoms with Gasteiger partial charge in [0.05, 0.1) is 22.1 Å². The lowest BCUT2D eigenvalue weighted by Crippen LogP contribution is -1.96. The number of aromatic nitrogens is 1. The SMILES string of the molecule is Nc1csc(NN=Cc2ccc(Oc3ccc([N+](=O)[O-])cc3[N+](=O)[O-])cc2)n1. The Balaban J connectivity index is 1.70. The molecule has 0 bridgehead atoms. The van der Waals surface area contributed by atoms with Crippen LogP contribution in [-0.4, -0.2) is 21.0 Å². The van der Waals surface area contributed by atoms with Crippen molar-refractivity contribution >= 4 is 39.9 Å². The van der Waals surface area contributed by atoms with E-state index in [1.807, 2.05) is 0 Å². The molecule has 0 aliphatic carbocycles. The second-order valence-electron chi connectivity index (χ2n) is 5.28. The van der Waals surface area contributed by atoms with Crippen molar-refractivity contribution in [2.24, 2.45) is 5.10 Å². The number of ether oxygens (including phenoxy) is 1. The van der Waals surface area contributed by atoms with Crippen LogP contribution in [0.15, 0.2) is 52.9 Å². The summed E-state index contributed by atoms with van der Waals surface area (Å²) in [6.45, 7) is 0. The second-order valence-corrected chi connectivity index (χ2v) is 6.14. The number of nitro groups is 2. The van der Waals surface area contributed by atoms with Gasteiger partial charge in [-0.05, 0) is 35.9 Å². The Bertz CT molecular complexity index is 1050. The highest BCUT2D eigenvalue weighted by atomic mass is 32.1. The number of nitrogens with two attached hydrogens (primary N) is 1. The van der Waals surface area contributed by atoms with Gasteiger partial charge in [0.2, 0.25) is 10.9 Å². The highest BCUT2D eigenvalue weighted by Gasteiger charge is 2.21. The molecule has 3 aromatic rings. The fourth-order valence-electron chi connectivity index (χ4n) is 2.10. The van der Waals surface area contributed by atoms with Gasteiger partial charge in [-0.1, -0.05) is 0 Å². The van der Waals surface area contributed by atoms with Crippen LogP contribution in [0.5, 0.6) is 11.5 Å². The molecule has 0 aliphatic rings. The summed E-state index contributed by atoms with van der Waals surface area (Å²) in [6.07, 6.45) is 1.55. The number of nitrogens with one attached hydrogen (secondary N) is 1. The van der Waals surface area contributed by atoms with E-state index in [1.165, 1.54) is 17.4 Å². The molecule has 0 atom stereocenters. The molecular weight excluding hydrogens is 388 g/mol. The van der Waals surface area contributed by atoms with E-state index in [0.29, 0.717) is 16.7 Å². The highest BCUT2D eigenvalue weighted by Crippen LogP contribution is 2.34. The van der Waals surface area contributed by atoms with E-state index >= 15 is 0 Å². The summed E-state index contributed by atoms with van der Waals surface area (Å²) >= 11 is 1.32. The van der Waals surface area contributed by atoms with E-state index < -0.39 is 15.5 Å². The van der Waals surface area contributed by atoms with Gasteiger partial charge < -0.3 is 10.5 Å². The number of nitrogens with zero attached hydrogens (tertiary/aromatic N) is 4. The molecular formula is C16H12N6O5S. The van der Waals surface area contributed by atoms with Crippen molar-refractivity contribution < 1.29 is 14.6 Å². The van der Waals surface area contributed by atoms with Crippen LogP contribution in [0.3, 0.4) is 0 Å². The number of hydrogen-bond donors (Lipinski definition) is 2. The Hall–Kier alpha value is -4.06. The molecule has 0 spiro atoms. The molecule has 2 aromatic carbocycles. The highest BCUT2D eigenvalue weighted by molar-refractivity contribution is 7.14. The lowest BCUT2D eigenvalue weighted by atomic mass is 10.2. The number of thiazole rings is 1. The minimum atomic E-state index is -0.736. The van der Waals surface area contributed by atoms with Gasteiger partial charge in [0.25, 0.3) is 5.69 Å². The zero-order valence-corrected chi connectivity index (χ0v) is 14.8. The van der Waals surface area contributed by atoms with Crippen molar-refractivity contribution in [3.8, 4) is 11.5 Å². The topological polar surface area (TPSA) is 159 Å². The predicted octanol–water partition coefficient (Wildman–Crippen LogP) is 3.78. The second kappa shape index (κ2) is 8.09. The number of nitro benzene ring substituents is 2. The summed E-state index contributed by atoms with van der Waals surface area (Å²) in [6, 6.07) is 9.74. The van der Waals surface area contributed by atoms with Crippen LogP contribution < -0.4 is 15.9 Å². The fraction of sp³-hybridized carbons (Fsp3) is 0. The van der Waals surface area contributed by atoms with Gasteiger partial charge in [-0.2, -0.15) is 5.10 Å². The lowest BCUT2D eigenvalue weighted by Gasteiger charge is -2.06. The quantitative estimate of drug-likeness (QED) is 0.344. The largest absolute Gasteiger partial charge is 0.450 e. The molecule has 1 aromatic heterocycles. The minimum Gasteiger partial charge on any atom is -0.450 e. The first-order valence-corrected chi connectivity index (χ1v) is 8.51. The van der Waals surface area contributed by atoms with Crippen LogP contribution in [0.25, 0.3) is 0 Å². The molecule has 11 nitrogen and oxygen atoms in total. The Labute approximate surface area is 161 Å². The van der Waals surface area contributed by atoms with Crippen LogP contribution in [0.2, 0.25) is 0 Å². The van der Waals surface area contributed by atoms with Gasteiger partial charge in [-0.25, -0.2) is 4.98 Å². The minimum absolute atomic E-state index is 0.0972. The first kappa shape index (κ1) is 18.7. The smallest absolute Gasteiger partial charge is 0.318 e. The molecule has 0 unspecified atom stereocenters. The first-order chi connectivity index (χ1) is 13.4. The Morgan fingerprint density at radius 2 is 1.89 bits per heavy atom. The number of benzene rings is 2. The van der Waals surface area contributed by atoms with E-state index in [0.717, 1.165) is 17.7 Å². The number of anilines is 2. The van der Waals surface area contributed by atoms with E-state index in [9.17, 15) is 20.2 Å². The predicted molar refractivity (Wildman–Crippen MR) is 104 cm³/mol. The summed E-state index contributed by atoms with van der Waals surface area (Å²) in [4.78, 5) is 24.5. The van der Waals surface area contributed by atoms with Crippen molar-refractivity contribution in [2.75, 3.05) is 11.2 Å². The maximum absolute atomic E-state index is 11.1. The van der Waals surface area contributed by atoms with Gasteiger partial charge in [0.15, 0.2) is 0 Å². The van der Waals surface area contributed by atoms with Crippen LogP contribution in [0.4, 0.5) is 22.3 Å². The summed E-state index contributed by atoms with van der Waals surface area (Å²) in [7, 11) is 0. The molecule has 28 heavy (non-hydrogen) atoms. The zero-order chi connectivity index (χ0) is 20.1. The summed E-state index contributed by atoms with van der Waals surface area (Å²) in [5.74, 6) is 0.638. The molecule has 3 rings (SSSR count). The summed E-state index contributed by atoms with van der Waals surface area (Å²) in [5, 5.41) is 28.2. The molecule has 142 valence electrons. The zero-order valence-electron chi connectivity index (χ0n) is 14.0. The number of hydrogen-bond acceptors (Lipinski definition) is 10. The molecule has 0 aliphatic heterocycles. The molecule has 0 saturated heterocycles. The van der Waals surface area contributed by atoms with E-state index in [-0.39, 0.29) is 11.4 Å². The molecule has 0 amide bonds. The number of hydrazone groups is 1. The van der Waals surface area contributed by atoms with Gasteiger partial charge in [-0.3, -0.25) is 25.7 Å². The van der Waals surface area contributed by atoms with Crippen molar-refractivity contribution in [3.63, 3.8) is 0 Å². The maximum atomic E-state index is 11.1. The van der Waals surface area contributed by atoms with Gasteiger partial charge in [0.1, 0.15) is 11.6 Å². The number of nitrogen functional groups attached to an aromatic ring is 1. The maximum Gasteiger partial charge on any atom is 0.318 e. The van der Waals surface area contributed by atoms with Crippen LogP contribution in [0, 0.1) is 20.2 Å². The third-order valence-electron chi connectivity index (χ3n) is 3.35. The Kier molecular flexibility index (Phi) is 5.41. The van der Waals surface area contributed by atoms with Gasteiger partial charge in [-0.15, -0.1) is 11.3 Å². The average molecular weight is 400 g/mol. The monoisotopic (exact) mass is 400 g/mol. The summed E-state index contributed by atoms with van der Waals surface area (Å²) in [5.41, 5.74) is 8.11. The van der Waals surface area contributed by atoms with Crippen molar-refractivity contribution in [1.29, 1.82) is 0 Å². The molecule has 0 radical (unpaired) electrons. The Morgan fingerprint density at radius 1 is 1.14 bits per heavy atom. The fourth-order valence-corrected chi connectivity index (χ4v) is 2.65. The first-order valence-electron chi connectivity index (χ1n) is 7.63. The third kappa shape index (κ3) is 4.56.